The van der Waals surface area contributed by atoms with Crippen molar-refractivity contribution in [1.29, 1.82) is 0 Å². The number of carbonyl (C=O) groups excluding carboxylic acids is 2. The first kappa shape index (κ1) is 17.7. The Morgan fingerprint density at radius 2 is 1.96 bits per heavy atom. The molecule has 1 saturated carbocycles. The van der Waals surface area contributed by atoms with Crippen LogP contribution in [0, 0.1) is 11.3 Å². The maximum Gasteiger partial charge on any atom is 0.227 e. The predicted octanol–water partition coefficient (Wildman–Crippen LogP) is 2.52. The van der Waals surface area contributed by atoms with Crippen LogP contribution in [-0.2, 0) is 22.6 Å². The molecule has 1 aromatic carbocycles. The summed E-state index contributed by atoms with van der Waals surface area (Å²) in [5, 5.41) is 0. The lowest BCUT2D eigenvalue weighted by Gasteiger charge is -2.19. The van der Waals surface area contributed by atoms with Gasteiger partial charge < -0.3 is 9.80 Å². The molecule has 1 saturated heterocycles. The molecule has 4 rings (SSSR count). The van der Waals surface area contributed by atoms with Gasteiger partial charge in [-0.1, -0.05) is 36.4 Å². The minimum Gasteiger partial charge on any atom is -0.342 e. The van der Waals surface area contributed by atoms with Crippen LogP contribution in [0.15, 0.2) is 54.7 Å². The number of hydrogen-bond donors (Lipinski definition) is 0. The van der Waals surface area contributed by atoms with Crippen molar-refractivity contribution < 1.29 is 9.59 Å². The molecule has 27 heavy (non-hydrogen) atoms. The highest BCUT2D eigenvalue weighted by atomic mass is 16.2. The Bertz CT molecular complexity index is 824. The summed E-state index contributed by atoms with van der Waals surface area (Å²) in [5.41, 5.74) is 1.94. The number of nitrogens with zero attached hydrogens (tertiary/aromatic N) is 3. The van der Waals surface area contributed by atoms with E-state index in [-0.39, 0.29) is 23.1 Å². The lowest BCUT2D eigenvalue weighted by Crippen LogP contribution is -2.33. The van der Waals surface area contributed by atoms with E-state index in [0.717, 1.165) is 30.6 Å². The third-order valence-corrected chi connectivity index (χ3v) is 5.93. The van der Waals surface area contributed by atoms with Gasteiger partial charge in [0.05, 0.1) is 18.7 Å². The summed E-state index contributed by atoms with van der Waals surface area (Å²) >= 11 is 0. The van der Waals surface area contributed by atoms with E-state index in [1.54, 1.807) is 11.1 Å². The van der Waals surface area contributed by atoms with Crippen LogP contribution in [0.5, 0.6) is 0 Å². The molecule has 2 aliphatic rings. The fourth-order valence-corrected chi connectivity index (χ4v) is 4.22. The van der Waals surface area contributed by atoms with E-state index in [4.69, 9.17) is 0 Å². The van der Waals surface area contributed by atoms with Crippen molar-refractivity contribution in [2.75, 3.05) is 20.1 Å². The summed E-state index contributed by atoms with van der Waals surface area (Å²) in [7, 11) is 1.84. The second-order valence-corrected chi connectivity index (χ2v) is 7.86. The zero-order valence-electron chi connectivity index (χ0n) is 15.7. The highest BCUT2D eigenvalue weighted by Crippen LogP contribution is 2.59. The average Bonchev–Trinajstić information content (AvgIpc) is 3.21. The summed E-state index contributed by atoms with van der Waals surface area (Å²) < 4.78 is 0. The fourth-order valence-electron chi connectivity index (χ4n) is 4.22. The molecule has 1 spiro atoms. The summed E-state index contributed by atoms with van der Waals surface area (Å²) in [6.07, 6.45) is 4.02. The minimum absolute atomic E-state index is 0.00179. The van der Waals surface area contributed by atoms with Crippen molar-refractivity contribution in [3.05, 3.63) is 66.0 Å². The van der Waals surface area contributed by atoms with Crippen molar-refractivity contribution in [3.63, 3.8) is 0 Å². The molecule has 0 N–H and O–H groups in total. The number of likely N-dealkylation sites (tertiary alicyclic amines) is 1. The van der Waals surface area contributed by atoms with Crippen LogP contribution in [0.2, 0.25) is 0 Å². The van der Waals surface area contributed by atoms with Crippen LogP contribution in [0.25, 0.3) is 0 Å². The Balaban J connectivity index is 1.32. The molecule has 2 heterocycles. The normalized spacial score (nSPS) is 23.4. The Hall–Kier alpha value is -2.69. The van der Waals surface area contributed by atoms with Gasteiger partial charge in [-0.15, -0.1) is 0 Å². The van der Waals surface area contributed by atoms with E-state index in [0.29, 0.717) is 19.5 Å². The van der Waals surface area contributed by atoms with Crippen molar-refractivity contribution in [2.24, 2.45) is 11.3 Å². The number of benzene rings is 1. The van der Waals surface area contributed by atoms with E-state index in [1.807, 2.05) is 60.5 Å². The second kappa shape index (κ2) is 7.14. The molecule has 2 aromatic rings. The summed E-state index contributed by atoms with van der Waals surface area (Å²) in [6, 6.07) is 15.6. The van der Waals surface area contributed by atoms with Gasteiger partial charge in [-0.25, -0.2) is 0 Å². The number of aromatic nitrogens is 1. The minimum atomic E-state index is 0.00179. The number of carbonyl (C=O) groups is 2. The van der Waals surface area contributed by atoms with Gasteiger partial charge in [-0.3, -0.25) is 14.6 Å². The molecule has 140 valence electrons. The first-order valence-electron chi connectivity index (χ1n) is 9.54. The smallest absolute Gasteiger partial charge is 0.227 e. The molecule has 2 fully saturated rings. The van der Waals surface area contributed by atoms with Gasteiger partial charge >= 0.3 is 0 Å². The summed E-state index contributed by atoms with van der Waals surface area (Å²) in [4.78, 5) is 33.5. The standard InChI is InChI=1S/C22H25N3O2/c1-24(15-18-9-5-6-11-23-18)21(27)19-14-22(19)10-12-25(16-22)20(26)13-17-7-3-2-4-8-17/h2-9,11,19H,10,12-16H2,1H3/t19-,22+/m0/s1. The van der Waals surface area contributed by atoms with Crippen molar-refractivity contribution in [2.45, 2.75) is 25.8 Å². The van der Waals surface area contributed by atoms with Crippen molar-refractivity contribution >= 4 is 11.8 Å². The summed E-state index contributed by atoms with van der Waals surface area (Å²) in [6.45, 7) is 2.01. The molecule has 5 heteroatoms. The molecule has 2 atom stereocenters. The van der Waals surface area contributed by atoms with E-state index < -0.39 is 0 Å². The zero-order valence-corrected chi connectivity index (χ0v) is 15.7. The molecule has 5 nitrogen and oxygen atoms in total. The lowest BCUT2D eigenvalue weighted by molar-refractivity contribution is -0.133. The molecule has 1 aliphatic carbocycles. The quantitative estimate of drug-likeness (QED) is 0.820. The average molecular weight is 363 g/mol. The molecule has 1 aromatic heterocycles. The Kier molecular flexibility index (Phi) is 4.68. The van der Waals surface area contributed by atoms with Crippen LogP contribution in [-0.4, -0.2) is 46.7 Å². The van der Waals surface area contributed by atoms with Crippen LogP contribution >= 0.6 is 0 Å². The number of pyridine rings is 1. The van der Waals surface area contributed by atoms with E-state index >= 15 is 0 Å². The Morgan fingerprint density at radius 3 is 2.70 bits per heavy atom. The monoisotopic (exact) mass is 363 g/mol. The first-order chi connectivity index (χ1) is 13.1. The van der Waals surface area contributed by atoms with Gasteiger partial charge in [0.2, 0.25) is 11.8 Å². The predicted molar refractivity (Wildman–Crippen MR) is 103 cm³/mol. The van der Waals surface area contributed by atoms with Gasteiger partial charge in [0.25, 0.3) is 0 Å². The molecule has 2 amide bonds. The highest BCUT2D eigenvalue weighted by Gasteiger charge is 2.61. The van der Waals surface area contributed by atoms with Crippen molar-refractivity contribution in [3.8, 4) is 0 Å². The SMILES string of the molecule is CN(Cc1ccccn1)C(=O)[C@@H]1C[C@@]12CCN(C(=O)Cc1ccccc1)C2. The van der Waals surface area contributed by atoms with Crippen LogP contribution < -0.4 is 0 Å². The van der Waals surface area contributed by atoms with Crippen LogP contribution in [0.3, 0.4) is 0 Å². The molecule has 1 aliphatic heterocycles. The topological polar surface area (TPSA) is 53.5 Å². The third kappa shape index (κ3) is 3.72. The molecule has 0 radical (unpaired) electrons. The van der Waals surface area contributed by atoms with Gasteiger partial charge in [-0.2, -0.15) is 0 Å². The third-order valence-electron chi connectivity index (χ3n) is 5.93. The van der Waals surface area contributed by atoms with Gasteiger partial charge in [-0.05, 0) is 30.5 Å². The number of amides is 2. The van der Waals surface area contributed by atoms with E-state index in [9.17, 15) is 9.59 Å². The Labute approximate surface area is 160 Å². The lowest BCUT2D eigenvalue weighted by atomic mass is 10.0. The van der Waals surface area contributed by atoms with E-state index in [2.05, 4.69) is 4.98 Å². The van der Waals surface area contributed by atoms with Crippen LogP contribution in [0.1, 0.15) is 24.1 Å². The first-order valence-corrected chi connectivity index (χ1v) is 9.54. The maximum atomic E-state index is 12.8. The zero-order chi connectivity index (χ0) is 18.9. The largest absolute Gasteiger partial charge is 0.342 e. The molecule has 0 bridgehead atoms. The van der Waals surface area contributed by atoms with Crippen LogP contribution in [0.4, 0.5) is 0 Å². The molecule has 0 unspecified atom stereocenters. The summed E-state index contributed by atoms with van der Waals surface area (Å²) in [5.74, 6) is 0.386. The fraction of sp³-hybridized carbons (Fsp3) is 0.409. The van der Waals surface area contributed by atoms with Crippen molar-refractivity contribution in [1.82, 2.24) is 14.8 Å². The van der Waals surface area contributed by atoms with Gasteiger partial charge in [0.1, 0.15) is 0 Å². The Morgan fingerprint density at radius 1 is 1.19 bits per heavy atom. The van der Waals surface area contributed by atoms with Gasteiger partial charge in [0.15, 0.2) is 0 Å². The number of rotatable bonds is 5. The highest BCUT2D eigenvalue weighted by molar-refractivity contribution is 5.84. The van der Waals surface area contributed by atoms with Gasteiger partial charge in [0, 0.05) is 37.7 Å². The second-order valence-electron chi connectivity index (χ2n) is 7.86. The van der Waals surface area contributed by atoms with E-state index in [1.165, 1.54) is 0 Å². The maximum absolute atomic E-state index is 12.8. The number of hydrogen-bond acceptors (Lipinski definition) is 3. The molecular weight excluding hydrogens is 338 g/mol. The molecular formula is C22H25N3O2.